The summed E-state index contributed by atoms with van der Waals surface area (Å²) in [4.78, 5) is 36.6. The van der Waals surface area contributed by atoms with Gasteiger partial charge in [-0.15, -0.1) is 11.3 Å². The van der Waals surface area contributed by atoms with E-state index in [1.54, 1.807) is 24.3 Å². The van der Waals surface area contributed by atoms with Gasteiger partial charge in [0.25, 0.3) is 11.8 Å². The molecule has 0 atom stereocenters. The molecule has 1 aliphatic rings. The normalized spacial score (nSPS) is 12.0. The van der Waals surface area contributed by atoms with Gasteiger partial charge >= 0.3 is 5.97 Å². The van der Waals surface area contributed by atoms with Gasteiger partial charge in [0, 0.05) is 4.88 Å². The van der Waals surface area contributed by atoms with Gasteiger partial charge < -0.3 is 20.5 Å². The number of nitriles is 1. The molecule has 0 bridgehead atoms. The van der Waals surface area contributed by atoms with Crippen molar-refractivity contribution in [2.24, 2.45) is 5.73 Å². The molecule has 0 saturated heterocycles. The average molecular weight is 399 g/mol. The molecule has 0 aliphatic heterocycles. The fraction of sp³-hybridized carbons (Fsp3) is 0.263. The van der Waals surface area contributed by atoms with E-state index in [9.17, 15) is 14.4 Å². The molecule has 0 saturated carbocycles. The summed E-state index contributed by atoms with van der Waals surface area (Å²) in [6, 6.07) is 8.41. The molecule has 28 heavy (non-hydrogen) atoms. The van der Waals surface area contributed by atoms with E-state index in [2.05, 4.69) is 5.32 Å². The van der Waals surface area contributed by atoms with Crippen LogP contribution in [0.1, 0.15) is 32.8 Å². The van der Waals surface area contributed by atoms with Crippen LogP contribution >= 0.6 is 11.3 Å². The second kappa shape index (κ2) is 8.54. The number of thiophene rings is 1. The van der Waals surface area contributed by atoms with Gasteiger partial charge in [-0.05, 0) is 37.0 Å². The molecule has 0 fully saturated rings. The molecule has 9 heteroatoms. The molecule has 3 N–H and O–H groups in total. The second-order valence-electron chi connectivity index (χ2n) is 6.03. The predicted molar refractivity (Wildman–Crippen MR) is 101 cm³/mol. The first kappa shape index (κ1) is 19.4. The topological polar surface area (TPSA) is 132 Å². The predicted octanol–water partition coefficient (Wildman–Crippen LogP) is 1.77. The number of fused-ring (bicyclic) bond motifs is 1. The van der Waals surface area contributed by atoms with Gasteiger partial charge in [0.1, 0.15) is 16.8 Å². The van der Waals surface area contributed by atoms with Crippen molar-refractivity contribution < 1.29 is 23.9 Å². The standard InChI is InChI=1S/C19H17N3O5S/c20-8-11-4-1-2-6-13(11)26-10-16(24)27-9-15(23)22-19-17(18(21)25)12-5-3-7-14(12)28-19/h1-2,4,6H,3,5,7,9-10H2,(H2,21,25)(H,22,23). The maximum absolute atomic E-state index is 12.1. The SMILES string of the molecule is N#Cc1ccccc1OCC(=O)OCC(=O)Nc1sc2c(c1C(N)=O)CCC2. The van der Waals surface area contributed by atoms with Gasteiger partial charge in [0.05, 0.1) is 11.1 Å². The Bertz CT molecular complexity index is 976. The lowest BCUT2D eigenvalue weighted by Gasteiger charge is -2.09. The van der Waals surface area contributed by atoms with Gasteiger partial charge in [-0.3, -0.25) is 9.59 Å². The number of para-hydroxylation sites is 1. The van der Waals surface area contributed by atoms with E-state index in [0.717, 1.165) is 29.7 Å². The van der Waals surface area contributed by atoms with Crippen LogP contribution in [0.25, 0.3) is 0 Å². The fourth-order valence-corrected chi connectivity index (χ4v) is 4.24. The van der Waals surface area contributed by atoms with Crippen LogP contribution in [-0.4, -0.2) is 31.0 Å². The fourth-order valence-electron chi connectivity index (χ4n) is 2.92. The Morgan fingerprint density at radius 2 is 2.00 bits per heavy atom. The number of esters is 1. The van der Waals surface area contributed by atoms with Crippen molar-refractivity contribution in [1.29, 1.82) is 5.26 Å². The van der Waals surface area contributed by atoms with Gasteiger partial charge in [0.15, 0.2) is 13.2 Å². The molecule has 8 nitrogen and oxygen atoms in total. The number of nitrogens with one attached hydrogen (secondary N) is 1. The maximum atomic E-state index is 12.1. The Balaban J connectivity index is 1.52. The Morgan fingerprint density at radius 1 is 1.21 bits per heavy atom. The molecule has 2 aromatic rings. The Morgan fingerprint density at radius 3 is 2.75 bits per heavy atom. The van der Waals surface area contributed by atoms with Crippen molar-refractivity contribution in [2.45, 2.75) is 19.3 Å². The van der Waals surface area contributed by atoms with E-state index in [-0.39, 0.29) is 11.3 Å². The lowest BCUT2D eigenvalue weighted by Crippen LogP contribution is -2.24. The first-order chi connectivity index (χ1) is 13.5. The van der Waals surface area contributed by atoms with Crippen molar-refractivity contribution in [3.63, 3.8) is 0 Å². The lowest BCUT2D eigenvalue weighted by atomic mass is 10.1. The number of primary amides is 1. The third-order valence-electron chi connectivity index (χ3n) is 4.14. The minimum Gasteiger partial charge on any atom is -0.481 e. The number of amides is 2. The number of rotatable bonds is 7. The van der Waals surface area contributed by atoms with Gasteiger partial charge in [-0.2, -0.15) is 5.26 Å². The number of ether oxygens (including phenoxy) is 2. The number of carbonyl (C=O) groups is 3. The molecule has 3 rings (SSSR count). The molecule has 1 aliphatic carbocycles. The summed E-state index contributed by atoms with van der Waals surface area (Å²) in [5.41, 5.74) is 6.97. The molecular formula is C19H17N3O5S. The van der Waals surface area contributed by atoms with Crippen LogP contribution in [0.2, 0.25) is 0 Å². The van der Waals surface area contributed by atoms with Crippen LogP contribution in [0.5, 0.6) is 5.75 Å². The third kappa shape index (κ3) is 4.29. The number of nitrogens with zero attached hydrogens (tertiary/aromatic N) is 1. The number of benzene rings is 1. The van der Waals surface area contributed by atoms with E-state index in [0.29, 0.717) is 10.6 Å². The van der Waals surface area contributed by atoms with Crippen molar-refractivity contribution in [2.75, 3.05) is 18.5 Å². The van der Waals surface area contributed by atoms with Crippen LogP contribution in [0.15, 0.2) is 24.3 Å². The number of hydrogen-bond donors (Lipinski definition) is 2. The minimum atomic E-state index is -0.758. The third-order valence-corrected chi connectivity index (χ3v) is 5.35. The average Bonchev–Trinajstić information content (AvgIpc) is 3.25. The van der Waals surface area contributed by atoms with Crippen LogP contribution in [0.3, 0.4) is 0 Å². The summed E-state index contributed by atoms with van der Waals surface area (Å²) in [7, 11) is 0. The monoisotopic (exact) mass is 399 g/mol. The van der Waals surface area contributed by atoms with Crippen molar-refractivity contribution in [3.8, 4) is 11.8 Å². The quantitative estimate of drug-likeness (QED) is 0.682. The Hall–Kier alpha value is -3.38. The molecule has 2 amide bonds. The summed E-state index contributed by atoms with van der Waals surface area (Å²) in [6.45, 7) is -0.964. The second-order valence-corrected chi connectivity index (χ2v) is 7.14. The smallest absolute Gasteiger partial charge is 0.344 e. The summed E-state index contributed by atoms with van der Waals surface area (Å²) in [6.07, 6.45) is 2.57. The van der Waals surface area contributed by atoms with E-state index >= 15 is 0 Å². The van der Waals surface area contributed by atoms with Crippen molar-refractivity contribution in [1.82, 2.24) is 0 Å². The number of anilines is 1. The highest BCUT2D eigenvalue weighted by Crippen LogP contribution is 2.38. The van der Waals surface area contributed by atoms with E-state index < -0.39 is 31.0 Å². The van der Waals surface area contributed by atoms with Crippen molar-refractivity contribution >= 4 is 34.1 Å². The van der Waals surface area contributed by atoms with Gasteiger partial charge in [-0.1, -0.05) is 12.1 Å². The van der Waals surface area contributed by atoms with Crippen LogP contribution in [-0.2, 0) is 27.2 Å². The van der Waals surface area contributed by atoms with Crippen LogP contribution < -0.4 is 15.8 Å². The molecule has 1 aromatic carbocycles. The summed E-state index contributed by atoms with van der Waals surface area (Å²) < 4.78 is 10.1. The zero-order valence-electron chi connectivity index (χ0n) is 14.8. The van der Waals surface area contributed by atoms with E-state index in [1.165, 1.54) is 11.3 Å². The molecule has 144 valence electrons. The molecular weight excluding hydrogens is 382 g/mol. The van der Waals surface area contributed by atoms with Crippen LogP contribution in [0.4, 0.5) is 5.00 Å². The first-order valence-electron chi connectivity index (χ1n) is 8.51. The highest BCUT2D eigenvalue weighted by Gasteiger charge is 2.26. The highest BCUT2D eigenvalue weighted by molar-refractivity contribution is 7.17. The highest BCUT2D eigenvalue weighted by atomic mass is 32.1. The molecule has 1 aromatic heterocycles. The maximum Gasteiger partial charge on any atom is 0.344 e. The Labute approximate surface area is 164 Å². The van der Waals surface area contributed by atoms with Gasteiger partial charge in [-0.25, -0.2) is 4.79 Å². The molecule has 1 heterocycles. The van der Waals surface area contributed by atoms with E-state index in [1.807, 2.05) is 6.07 Å². The Kier molecular flexibility index (Phi) is 5.91. The minimum absolute atomic E-state index is 0.255. The number of nitrogens with two attached hydrogens (primary N) is 1. The first-order valence-corrected chi connectivity index (χ1v) is 9.33. The summed E-state index contributed by atoms with van der Waals surface area (Å²) in [5, 5.41) is 11.9. The summed E-state index contributed by atoms with van der Waals surface area (Å²) in [5.74, 6) is -1.67. The zero-order valence-corrected chi connectivity index (χ0v) is 15.6. The number of carbonyl (C=O) groups excluding carboxylic acids is 3. The molecule has 0 spiro atoms. The van der Waals surface area contributed by atoms with Crippen molar-refractivity contribution in [3.05, 3.63) is 45.8 Å². The van der Waals surface area contributed by atoms with E-state index in [4.69, 9.17) is 20.5 Å². The molecule has 0 radical (unpaired) electrons. The largest absolute Gasteiger partial charge is 0.481 e. The number of aryl methyl sites for hydroxylation is 1. The zero-order chi connectivity index (χ0) is 20.1. The van der Waals surface area contributed by atoms with Crippen LogP contribution in [0, 0.1) is 11.3 Å². The molecule has 0 unspecified atom stereocenters. The summed E-state index contributed by atoms with van der Waals surface area (Å²) >= 11 is 1.32. The number of hydrogen-bond acceptors (Lipinski definition) is 7. The van der Waals surface area contributed by atoms with Gasteiger partial charge in [0.2, 0.25) is 0 Å². The lowest BCUT2D eigenvalue weighted by molar-refractivity contribution is -0.149.